The van der Waals surface area contributed by atoms with Gasteiger partial charge in [0, 0.05) is 22.6 Å². The Morgan fingerprint density at radius 1 is 1.21 bits per heavy atom. The van der Waals surface area contributed by atoms with E-state index < -0.39 is 0 Å². The van der Waals surface area contributed by atoms with Gasteiger partial charge in [0.05, 0.1) is 18.3 Å². The van der Waals surface area contributed by atoms with Crippen LogP contribution in [-0.4, -0.2) is 57.4 Å². The van der Waals surface area contributed by atoms with Crippen molar-refractivity contribution in [1.82, 2.24) is 24.6 Å². The van der Waals surface area contributed by atoms with E-state index in [2.05, 4.69) is 22.0 Å². The molecule has 0 saturated carbocycles. The van der Waals surface area contributed by atoms with Crippen LogP contribution in [0, 0.1) is 0 Å². The van der Waals surface area contributed by atoms with Crippen molar-refractivity contribution in [3.8, 4) is 5.69 Å². The molecule has 2 heterocycles. The quantitative estimate of drug-likeness (QED) is 0.478. The first kappa shape index (κ1) is 21.8. The minimum Gasteiger partial charge on any atom is -0.340 e. The van der Waals surface area contributed by atoms with E-state index in [0.29, 0.717) is 22.5 Å². The van der Waals surface area contributed by atoms with Gasteiger partial charge in [0.15, 0.2) is 11.0 Å². The largest absolute Gasteiger partial charge is 0.340 e. The molecule has 1 aromatic carbocycles. The van der Waals surface area contributed by atoms with Gasteiger partial charge < -0.3 is 4.90 Å². The number of nitrogens with zero attached hydrogens (tertiary/aromatic N) is 5. The van der Waals surface area contributed by atoms with Crippen molar-refractivity contribution >= 4 is 40.6 Å². The average Bonchev–Trinajstić information content (AvgIpc) is 3.35. The molecule has 3 rings (SSSR count). The number of benzene rings is 1. The Balaban J connectivity index is 1.79. The Labute approximate surface area is 184 Å². The van der Waals surface area contributed by atoms with Crippen LogP contribution >= 0.6 is 34.7 Å². The lowest BCUT2D eigenvalue weighted by Gasteiger charge is -2.20. The summed E-state index contributed by atoms with van der Waals surface area (Å²) in [5.74, 6) is 1.17. The van der Waals surface area contributed by atoms with Gasteiger partial charge in [0.1, 0.15) is 0 Å². The molecule has 0 fully saturated rings. The SMILES string of the molecule is CC(c1nnc(SCC(=O)N(C)Cc2cccs2)n1-c1ccc(Cl)cc1)N(C)C. The zero-order chi connectivity index (χ0) is 21.0. The first-order chi connectivity index (χ1) is 13.9. The number of rotatable bonds is 8. The fourth-order valence-electron chi connectivity index (χ4n) is 2.67. The molecule has 1 atom stereocenters. The lowest BCUT2D eigenvalue weighted by Crippen LogP contribution is -2.27. The molecular formula is C20H24ClN5OS2. The molecule has 0 radical (unpaired) electrons. The van der Waals surface area contributed by atoms with Gasteiger partial charge in [-0.2, -0.15) is 0 Å². The number of amides is 1. The van der Waals surface area contributed by atoms with E-state index in [0.717, 1.165) is 16.4 Å². The third-order valence-electron chi connectivity index (χ3n) is 4.62. The highest BCUT2D eigenvalue weighted by atomic mass is 35.5. The van der Waals surface area contributed by atoms with E-state index in [1.54, 1.807) is 16.2 Å². The fourth-order valence-corrected chi connectivity index (χ4v) is 4.45. The topological polar surface area (TPSA) is 54.3 Å². The molecule has 1 unspecified atom stereocenters. The molecule has 9 heteroatoms. The summed E-state index contributed by atoms with van der Waals surface area (Å²) >= 11 is 9.10. The smallest absolute Gasteiger partial charge is 0.233 e. The molecule has 0 aliphatic rings. The van der Waals surface area contributed by atoms with Crippen molar-refractivity contribution in [2.75, 3.05) is 26.9 Å². The minimum atomic E-state index is 0.0521. The van der Waals surface area contributed by atoms with Crippen LogP contribution in [0.25, 0.3) is 5.69 Å². The number of aromatic nitrogens is 3. The van der Waals surface area contributed by atoms with E-state index in [1.807, 2.05) is 67.5 Å². The summed E-state index contributed by atoms with van der Waals surface area (Å²) in [6.07, 6.45) is 0. The lowest BCUT2D eigenvalue weighted by molar-refractivity contribution is -0.127. The monoisotopic (exact) mass is 449 g/mol. The van der Waals surface area contributed by atoms with Gasteiger partial charge >= 0.3 is 0 Å². The molecule has 0 aliphatic carbocycles. The third-order valence-corrected chi connectivity index (χ3v) is 6.64. The molecule has 0 aliphatic heterocycles. The molecule has 0 bridgehead atoms. The number of hydrogen-bond acceptors (Lipinski definition) is 6. The highest BCUT2D eigenvalue weighted by Crippen LogP contribution is 2.27. The van der Waals surface area contributed by atoms with Crippen molar-refractivity contribution in [2.45, 2.75) is 24.7 Å². The molecule has 1 amide bonds. The standard InChI is InChI=1S/C20H24ClN5OS2/c1-14(24(2)3)19-22-23-20(26(19)16-9-7-15(21)8-10-16)29-13-18(27)25(4)12-17-6-5-11-28-17/h5-11,14H,12-13H2,1-4H3. The van der Waals surface area contributed by atoms with Crippen LogP contribution in [0.5, 0.6) is 0 Å². The first-order valence-corrected chi connectivity index (χ1v) is 11.4. The van der Waals surface area contributed by atoms with E-state index in [9.17, 15) is 4.79 Å². The Morgan fingerprint density at radius 3 is 2.55 bits per heavy atom. The van der Waals surface area contributed by atoms with Gasteiger partial charge in [-0.05, 0) is 56.7 Å². The van der Waals surface area contributed by atoms with Crippen LogP contribution in [-0.2, 0) is 11.3 Å². The minimum absolute atomic E-state index is 0.0521. The Kier molecular flexibility index (Phi) is 7.34. The molecule has 2 aromatic heterocycles. The van der Waals surface area contributed by atoms with E-state index >= 15 is 0 Å². The predicted molar refractivity (Wildman–Crippen MR) is 120 cm³/mol. The normalized spacial score (nSPS) is 12.3. The summed E-state index contributed by atoms with van der Waals surface area (Å²) in [6, 6.07) is 11.6. The molecule has 0 spiro atoms. The summed E-state index contributed by atoms with van der Waals surface area (Å²) in [5, 5.41) is 12.2. The number of hydrogen-bond donors (Lipinski definition) is 0. The highest BCUT2D eigenvalue weighted by molar-refractivity contribution is 7.99. The van der Waals surface area contributed by atoms with Gasteiger partial charge in [-0.25, -0.2) is 0 Å². The van der Waals surface area contributed by atoms with Gasteiger partial charge in [-0.15, -0.1) is 21.5 Å². The molecule has 6 nitrogen and oxygen atoms in total. The second kappa shape index (κ2) is 9.75. The van der Waals surface area contributed by atoms with Crippen LogP contribution in [0.3, 0.4) is 0 Å². The van der Waals surface area contributed by atoms with Crippen molar-refractivity contribution in [3.63, 3.8) is 0 Å². The van der Waals surface area contributed by atoms with Crippen LogP contribution in [0.4, 0.5) is 0 Å². The number of thioether (sulfide) groups is 1. The number of carbonyl (C=O) groups excluding carboxylic acids is 1. The van der Waals surface area contributed by atoms with Gasteiger partial charge in [-0.1, -0.05) is 29.4 Å². The average molecular weight is 450 g/mol. The van der Waals surface area contributed by atoms with E-state index in [-0.39, 0.29) is 11.9 Å². The maximum absolute atomic E-state index is 12.6. The van der Waals surface area contributed by atoms with E-state index in [4.69, 9.17) is 11.6 Å². The lowest BCUT2D eigenvalue weighted by atomic mass is 10.2. The second-order valence-electron chi connectivity index (χ2n) is 6.91. The predicted octanol–water partition coefficient (Wildman–Crippen LogP) is 4.36. The van der Waals surface area contributed by atoms with Crippen LogP contribution in [0.2, 0.25) is 5.02 Å². The van der Waals surface area contributed by atoms with Crippen molar-refractivity contribution in [1.29, 1.82) is 0 Å². The summed E-state index contributed by atoms with van der Waals surface area (Å²) in [4.78, 5) is 17.6. The van der Waals surface area contributed by atoms with Crippen molar-refractivity contribution < 1.29 is 4.79 Å². The number of carbonyl (C=O) groups is 1. The molecular weight excluding hydrogens is 426 g/mol. The van der Waals surface area contributed by atoms with Gasteiger partial charge in [0.25, 0.3) is 0 Å². The van der Waals surface area contributed by atoms with Crippen molar-refractivity contribution in [2.24, 2.45) is 0 Å². The summed E-state index contributed by atoms with van der Waals surface area (Å²) in [6.45, 7) is 2.69. The highest BCUT2D eigenvalue weighted by Gasteiger charge is 2.22. The Morgan fingerprint density at radius 2 is 1.93 bits per heavy atom. The van der Waals surface area contributed by atoms with Gasteiger partial charge in [0.2, 0.25) is 5.91 Å². The molecule has 154 valence electrons. The number of thiophene rings is 1. The maximum atomic E-state index is 12.6. The third kappa shape index (κ3) is 5.39. The molecule has 0 N–H and O–H groups in total. The zero-order valence-electron chi connectivity index (χ0n) is 16.9. The molecule has 3 aromatic rings. The van der Waals surface area contributed by atoms with Crippen LogP contribution < -0.4 is 0 Å². The second-order valence-corrected chi connectivity index (χ2v) is 9.32. The summed E-state index contributed by atoms with van der Waals surface area (Å²) in [5.41, 5.74) is 0.921. The van der Waals surface area contributed by atoms with Crippen molar-refractivity contribution in [3.05, 3.63) is 57.5 Å². The Hall–Kier alpha value is -1.87. The molecule has 0 saturated heterocycles. The van der Waals surface area contributed by atoms with E-state index in [1.165, 1.54) is 11.8 Å². The molecule has 29 heavy (non-hydrogen) atoms. The summed E-state index contributed by atoms with van der Waals surface area (Å²) < 4.78 is 2.00. The van der Waals surface area contributed by atoms with Gasteiger partial charge in [-0.3, -0.25) is 14.3 Å². The number of halogens is 1. The maximum Gasteiger partial charge on any atom is 0.233 e. The summed E-state index contributed by atoms with van der Waals surface area (Å²) in [7, 11) is 5.83. The fraction of sp³-hybridized carbons (Fsp3) is 0.350. The van der Waals surface area contributed by atoms with Crippen LogP contribution in [0.1, 0.15) is 23.7 Å². The first-order valence-electron chi connectivity index (χ1n) is 9.13. The van der Waals surface area contributed by atoms with Crippen LogP contribution in [0.15, 0.2) is 46.9 Å². The Bertz CT molecular complexity index is 940. The zero-order valence-corrected chi connectivity index (χ0v) is 19.3.